The third-order valence-corrected chi connectivity index (χ3v) is 2.78. The van der Waals surface area contributed by atoms with Gasteiger partial charge in [-0.3, -0.25) is 4.68 Å². The monoisotopic (exact) mass is 209 g/mol. The lowest BCUT2D eigenvalue weighted by atomic mass is 10.1. The molecular weight excluding hydrogens is 190 g/mol. The van der Waals surface area contributed by atoms with Crippen molar-refractivity contribution in [2.45, 2.75) is 38.4 Å². The molecule has 15 heavy (non-hydrogen) atoms. The molecule has 0 amide bonds. The van der Waals surface area contributed by atoms with Crippen molar-refractivity contribution < 1.29 is 4.74 Å². The van der Waals surface area contributed by atoms with E-state index in [0.29, 0.717) is 6.10 Å². The van der Waals surface area contributed by atoms with Gasteiger partial charge in [0.1, 0.15) is 5.82 Å². The van der Waals surface area contributed by atoms with E-state index in [-0.39, 0.29) is 5.60 Å². The van der Waals surface area contributed by atoms with E-state index >= 15 is 0 Å². The third kappa shape index (κ3) is 2.72. The van der Waals surface area contributed by atoms with Crippen LogP contribution in [0.3, 0.4) is 0 Å². The Morgan fingerprint density at radius 1 is 1.67 bits per heavy atom. The molecular formula is C11H19N3O. The molecule has 1 saturated heterocycles. The molecule has 0 radical (unpaired) electrons. The first-order chi connectivity index (χ1) is 7.05. The minimum Gasteiger partial charge on any atom is -0.371 e. The molecule has 4 nitrogen and oxygen atoms in total. The molecule has 0 bridgehead atoms. The smallest absolute Gasteiger partial charge is 0.148 e. The molecule has 0 spiro atoms. The molecule has 0 saturated carbocycles. The van der Waals surface area contributed by atoms with Gasteiger partial charge in [0, 0.05) is 25.9 Å². The second-order valence-electron chi connectivity index (χ2n) is 4.79. The second kappa shape index (κ2) is 3.85. The Hall–Kier alpha value is -1.03. The van der Waals surface area contributed by atoms with Gasteiger partial charge < -0.3 is 10.1 Å². The zero-order valence-electron chi connectivity index (χ0n) is 9.66. The molecule has 0 aliphatic carbocycles. The Labute approximate surface area is 90.6 Å². The van der Waals surface area contributed by atoms with Crippen LogP contribution in [0.15, 0.2) is 12.3 Å². The van der Waals surface area contributed by atoms with E-state index in [4.69, 9.17) is 4.74 Å². The van der Waals surface area contributed by atoms with Crippen molar-refractivity contribution >= 4 is 5.82 Å². The highest BCUT2D eigenvalue weighted by molar-refractivity contribution is 5.32. The molecule has 1 aromatic rings. The SMILES string of the molecule is Cn1ccc(NCC2CCC(C)(C)O2)n1. The Morgan fingerprint density at radius 2 is 2.47 bits per heavy atom. The molecule has 1 N–H and O–H groups in total. The first-order valence-corrected chi connectivity index (χ1v) is 5.46. The lowest BCUT2D eigenvalue weighted by molar-refractivity contribution is -0.00914. The number of aryl methyl sites for hydroxylation is 1. The summed E-state index contributed by atoms with van der Waals surface area (Å²) in [5.74, 6) is 0.922. The van der Waals surface area contributed by atoms with Gasteiger partial charge in [-0.25, -0.2) is 0 Å². The van der Waals surface area contributed by atoms with Crippen LogP contribution in [-0.2, 0) is 11.8 Å². The maximum Gasteiger partial charge on any atom is 0.148 e. The predicted octanol–water partition coefficient (Wildman–Crippen LogP) is 1.79. The number of ether oxygens (including phenoxy) is 1. The molecule has 2 heterocycles. The van der Waals surface area contributed by atoms with E-state index in [2.05, 4.69) is 24.3 Å². The van der Waals surface area contributed by atoms with E-state index < -0.39 is 0 Å². The van der Waals surface area contributed by atoms with Crippen LogP contribution in [0, 0.1) is 0 Å². The first kappa shape index (κ1) is 10.5. The predicted molar refractivity (Wildman–Crippen MR) is 59.9 cm³/mol. The van der Waals surface area contributed by atoms with Gasteiger partial charge in [-0.1, -0.05) is 0 Å². The highest BCUT2D eigenvalue weighted by atomic mass is 16.5. The van der Waals surface area contributed by atoms with Crippen molar-refractivity contribution in [2.24, 2.45) is 7.05 Å². The lowest BCUT2D eigenvalue weighted by Crippen LogP contribution is -2.24. The van der Waals surface area contributed by atoms with Crippen LogP contribution in [0.4, 0.5) is 5.82 Å². The molecule has 2 rings (SSSR count). The maximum atomic E-state index is 5.88. The summed E-state index contributed by atoms with van der Waals surface area (Å²) >= 11 is 0. The molecule has 1 aliphatic rings. The number of aromatic nitrogens is 2. The Bertz CT molecular complexity index is 332. The van der Waals surface area contributed by atoms with Crippen LogP contribution in [0.25, 0.3) is 0 Å². The largest absolute Gasteiger partial charge is 0.371 e. The minimum absolute atomic E-state index is 0.0520. The van der Waals surface area contributed by atoms with Gasteiger partial charge in [0.05, 0.1) is 11.7 Å². The summed E-state index contributed by atoms with van der Waals surface area (Å²) in [7, 11) is 1.92. The summed E-state index contributed by atoms with van der Waals surface area (Å²) in [4.78, 5) is 0. The van der Waals surface area contributed by atoms with Crippen molar-refractivity contribution in [2.75, 3.05) is 11.9 Å². The van der Waals surface area contributed by atoms with Crippen molar-refractivity contribution in [3.05, 3.63) is 12.3 Å². The Kier molecular flexibility index (Phi) is 2.69. The van der Waals surface area contributed by atoms with Crippen molar-refractivity contribution in [1.29, 1.82) is 0 Å². The summed E-state index contributed by atoms with van der Waals surface area (Å²) in [6.45, 7) is 5.14. The summed E-state index contributed by atoms with van der Waals surface area (Å²) in [6, 6.07) is 1.97. The van der Waals surface area contributed by atoms with E-state index in [1.54, 1.807) is 4.68 Å². The molecule has 1 atom stereocenters. The lowest BCUT2D eigenvalue weighted by Gasteiger charge is -2.19. The number of hydrogen-bond acceptors (Lipinski definition) is 3. The van der Waals surface area contributed by atoms with Crippen LogP contribution in [0.2, 0.25) is 0 Å². The second-order valence-corrected chi connectivity index (χ2v) is 4.79. The van der Waals surface area contributed by atoms with Crippen LogP contribution in [-0.4, -0.2) is 28.0 Å². The van der Waals surface area contributed by atoms with Crippen LogP contribution in [0.1, 0.15) is 26.7 Å². The summed E-state index contributed by atoms with van der Waals surface area (Å²) < 4.78 is 7.67. The molecule has 4 heteroatoms. The number of nitrogens with zero attached hydrogens (tertiary/aromatic N) is 2. The van der Waals surface area contributed by atoms with E-state index in [1.807, 2.05) is 19.3 Å². The third-order valence-electron chi connectivity index (χ3n) is 2.78. The van der Waals surface area contributed by atoms with Gasteiger partial charge in [-0.2, -0.15) is 5.10 Å². The topological polar surface area (TPSA) is 39.1 Å². The summed E-state index contributed by atoms with van der Waals surface area (Å²) in [5.41, 5.74) is 0.0520. The average molecular weight is 209 g/mol. The minimum atomic E-state index is 0.0520. The van der Waals surface area contributed by atoms with Gasteiger partial charge in [-0.15, -0.1) is 0 Å². The molecule has 0 aromatic carbocycles. The Balaban J connectivity index is 1.80. The summed E-state index contributed by atoms with van der Waals surface area (Å²) in [6.07, 6.45) is 4.53. The highest BCUT2D eigenvalue weighted by Gasteiger charge is 2.31. The normalized spacial score (nSPS) is 24.3. The molecule has 1 aromatic heterocycles. The van der Waals surface area contributed by atoms with Gasteiger partial charge in [0.15, 0.2) is 0 Å². The fourth-order valence-electron chi connectivity index (χ4n) is 1.95. The van der Waals surface area contributed by atoms with Crippen LogP contribution < -0.4 is 5.32 Å². The molecule has 84 valence electrons. The van der Waals surface area contributed by atoms with E-state index in [1.165, 1.54) is 0 Å². The average Bonchev–Trinajstić information content (AvgIpc) is 2.69. The fraction of sp³-hybridized carbons (Fsp3) is 0.727. The van der Waals surface area contributed by atoms with Crippen molar-refractivity contribution in [3.63, 3.8) is 0 Å². The first-order valence-electron chi connectivity index (χ1n) is 5.46. The van der Waals surface area contributed by atoms with Gasteiger partial charge in [0.2, 0.25) is 0 Å². The fourth-order valence-corrected chi connectivity index (χ4v) is 1.95. The molecule has 1 fully saturated rings. The number of hydrogen-bond donors (Lipinski definition) is 1. The van der Waals surface area contributed by atoms with Gasteiger partial charge >= 0.3 is 0 Å². The summed E-state index contributed by atoms with van der Waals surface area (Å²) in [5, 5.41) is 7.55. The van der Waals surface area contributed by atoms with Gasteiger partial charge in [0.25, 0.3) is 0 Å². The molecule has 1 unspecified atom stereocenters. The standard InChI is InChI=1S/C11H19N3O/c1-11(2)6-4-9(15-11)8-12-10-5-7-14(3)13-10/h5,7,9H,4,6,8H2,1-3H3,(H,12,13). The highest BCUT2D eigenvalue weighted by Crippen LogP contribution is 2.29. The number of anilines is 1. The van der Waals surface area contributed by atoms with Crippen LogP contribution in [0.5, 0.6) is 0 Å². The number of nitrogens with one attached hydrogen (secondary N) is 1. The maximum absolute atomic E-state index is 5.88. The Morgan fingerprint density at radius 3 is 3.00 bits per heavy atom. The van der Waals surface area contributed by atoms with Crippen LogP contribution >= 0.6 is 0 Å². The van der Waals surface area contributed by atoms with E-state index in [9.17, 15) is 0 Å². The quantitative estimate of drug-likeness (QED) is 0.825. The zero-order valence-corrected chi connectivity index (χ0v) is 9.66. The van der Waals surface area contributed by atoms with Crippen molar-refractivity contribution in [3.8, 4) is 0 Å². The van der Waals surface area contributed by atoms with E-state index in [0.717, 1.165) is 25.2 Å². The zero-order chi connectivity index (χ0) is 10.9. The van der Waals surface area contributed by atoms with Gasteiger partial charge in [-0.05, 0) is 26.7 Å². The van der Waals surface area contributed by atoms with Crippen molar-refractivity contribution in [1.82, 2.24) is 9.78 Å². The number of rotatable bonds is 3. The molecule has 1 aliphatic heterocycles.